The summed E-state index contributed by atoms with van der Waals surface area (Å²) in [6, 6.07) is 3.95. The van der Waals surface area contributed by atoms with Crippen LogP contribution in [-0.2, 0) is 15.6 Å². The van der Waals surface area contributed by atoms with Gasteiger partial charge < -0.3 is 14.4 Å². The van der Waals surface area contributed by atoms with Gasteiger partial charge in [0.1, 0.15) is 11.3 Å². The lowest BCUT2D eigenvalue weighted by atomic mass is 10.0. The summed E-state index contributed by atoms with van der Waals surface area (Å²) in [4.78, 5) is 24.4. The molecule has 1 N–H and O–H groups in total. The fourth-order valence-corrected chi connectivity index (χ4v) is 5.36. The number of pyridine rings is 1. The molecule has 2 heterocycles. The summed E-state index contributed by atoms with van der Waals surface area (Å²) < 4.78 is 33.2. The Labute approximate surface area is 172 Å². The average molecular weight is 438 g/mol. The molecule has 1 aliphatic carbocycles. The van der Waals surface area contributed by atoms with E-state index >= 15 is 0 Å². The number of carboxylic acid groups (broad SMARTS) is 1. The molecule has 1 fully saturated rings. The van der Waals surface area contributed by atoms with Gasteiger partial charge in [-0.05, 0) is 43.9 Å². The van der Waals surface area contributed by atoms with Crippen LogP contribution in [-0.4, -0.2) is 30.2 Å². The van der Waals surface area contributed by atoms with Crippen molar-refractivity contribution in [1.29, 1.82) is 0 Å². The highest BCUT2D eigenvalue weighted by Crippen LogP contribution is 2.46. The highest BCUT2D eigenvalue weighted by atomic mass is 35.5. The van der Waals surface area contributed by atoms with Gasteiger partial charge in [-0.1, -0.05) is 18.5 Å². The molecule has 0 saturated heterocycles. The number of sulfone groups is 1. The standard InChI is InChI=1S/C20H20ClNO6S/c1-3-10(2)28-16-8-17-13(7-15(16)21)18-11(9-29(17,26)27)6-14(20(24)25)19(23)22(18)12-4-5-12/h6-8,10,12H,3-5,9H2,1-2H3,(H,24,25). The van der Waals surface area contributed by atoms with Gasteiger partial charge >= 0.3 is 5.97 Å². The highest BCUT2D eigenvalue weighted by Gasteiger charge is 2.37. The molecule has 0 amide bonds. The zero-order valence-electron chi connectivity index (χ0n) is 15.9. The van der Waals surface area contributed by atoms with E-state index in [0.29, 0.717) is 16.8 Å². The molecule has 0 spiro atoms. The van der Waals surface area contributed by atoms with Gasteiger partial charge in [0.15, 0.2) is 9.84 Å². The van der Waals surface area contributed by atoms with Gasteiger partial charge in [-0.15, -0.1) is 0 Å². The Morgan fingerprint density at radius 2 is 2.03 bits per heavy atom. The van der Waals surface area contributed by atoms with Crippen LogP contribution in [0.5, 0.6) is 5.75 Å². The summed E-state index contributed by atoms with van der Waals surface area (Å²) in [5.74, 6) is -1.48. The van der Waals surface area contributed by atoms with Crippen LogP contribution in [0.2, 0.25) is 5.02 Å². The smallest absolute Gasteiger partial charge is 0.341 e. The number of carboxylic acids is 1. The maximum atomic E-state index is 13.0. The Morgan fingerprint density at radius 1 is 1.34 bits per heavy atom. The number of rotatable bonds is 5. The van der Waals surface area contributed by atoms with Crippen molar-refractivity contribution in [2.24, 2.45) is 0 Å². The third-order valence-corrected chi connectivity index (χ3v) is 7.32. The minimum Gasteiger partial charge on any atom is -0.489 e. The Bertz CT molecular complexity index is 1200. The van der Waals surface area contributed by atoms with Crippen LogP contribution in [0.4, 0.5) is 0 Å². The van der Waals surface area contributed by atoms with E-state index in [1.165, 1.54) is 22.8 Å². The van der Waals surface area contributed by atoms with Crippen LogP contribution in [0, 0.1) is 0 Å². The van der Waals surface area contributed by atoms with Crippen LogP contribution in [0.15, 0.2) is 27.9 Å². The van der Waals surface area contributed by atoms with Crippen molar-refractivity contribution >= 4 is 27.4 Å². The van der Waals surface area contributed by atoms with E-state index in [-0.39, 0.29) is 33.6 Å². The number of hydrogen-bond acceptors (Lipinski definition) is 5. The molecule has 1 atom stereocenters. The predicted molar refractivity (Wildman–Crippen MR) is 108 cm³/mol. The van der Waals surface area contributed by atoms with Crippen molar-refractivity contribution in [3.63, 3.8) is 0 Å². The summed E-state index contributed by atoms with van der Waals surface area (Å²) in [7, 11) is -3.76. The molecule has 9 heteroatoms. The monoisotopic (exact) mass is 437 g/mol. The third-order valence-electron chi connectivity index (χ3n) is 5.33. The molecule has 0 radical (unpaired) electrons. The number of ether oxygens (including phenoxy) is 1. The Kier molecular flexibility index (Phi) is 4.74. The molecule has 1 saturated carbocycles. The lowest BCUT2D eigenvalue weighted by Crippen LogP contribution is -2.30. The van der Waals surface area contributed by atoms with E-state index in [2.05, 4.69) is 0 Å². The molecule has 1 aromatic heterocycles. The fourth-order valence-electron chi connectivity index (χ4n) is 3.59. The van der Waals surface area contributed by atoms with E-state index < -0.39 is 26.9 Å². The Hall–Kier alpha value is -2.32. The van der Waals surface area contributed by atoms with E-state index in [1.807, 2.05) is 13.8 Å². The molecule has 1 aliphatic heterocycles. The first-order valence-corrected chi connectivity index (χ1v) is 11.4. The van der Waals surface area contributed by atoms with Crippen molar-refractivity contribution in [3.8, 4) is 17.0 Å². The van der Waals surface area contributed by atoms with Crippen LogP contribution in [0.1, 0.15) is 55.1 Å². The molecular formula is C20H20ClNO6S. The van der Waals surface area contributed by atoms with E-state index in [9.17, 15) is 23.1 Å². The summed E-state index contributed by atoms with van der Waals surface area (Å²) >= 11 is 6.39. The highest BCUT2D eigenvalue weighted by molar-refractivity contribution is 7.90. The second-order valence-corrected chi connectivity index (χ2v) is 9.88. The van der Waals surface area contributed by atoms with Gasteiger partial charge in [0.05, 0.1) is 27.5 Å². The molecule has 4 rings (SSSR count). The first kappa shape index (κ1) is 20.0. The molecule has 29 heavy (non-hydrogen) atoms. The number of nitrogens with zero attached hydrogens (tertiary/aromatic N) is 1. The molecule has 1 aromatic carbocycles. The third kappa shape index (κ3) is 3.34. The number of hydrogen-bond donors (Lipinski definition) is 1. The van der Waals surface area contributed by atoms with Gasteiger partial charge in [0.25, 0.3) is 5.56 Å². The van der Waals surface area contributed by atoms with Crippen molar-refractivity contribution in [2.75, 3.05) is 0 Å². The quantitative estimate of drug-likeness (QED) is 0.765. The van der Waals surface area contributed by atoms with Gasteiger partial charge in [0, 0.05) is 17.7 Å². The molecule has 0 bridgehead atoms. The largest absolute Gasteiger partial charge is 0.489 e. The zero-order chi connectivity index (χ0) is 21.1. The average Bonchev–Trinajstić information content (AvgIpc) is 3.47. The summed E-state index contributed by atoms with van der Waals surface area (Å²) in [6.45, 7) is 3.80. The number of aromatic carboxylic acids is 1. The first-order chi connectivity index (χ1) is 13.6. The number of halogens is 1. The molecule has 7 nitrogen and oxygen atoms in total. The summed E-state index contributed by atoms with van der Waals surface area (Å²) in [5, 5.41) is 9.65. The van der Waals surface area contributed by atoms with Crippen LogP contribution >= 0.6 is 11.6 Å². The van der Waals surface area contributed by atoms with Crippen LogP contribution in [0.25, 0.3) is 11.3 Å². The normalized spacial score (nSPS) is 17.9. The molecule has 154 valence electrons. The number of benzene rings is 1. The topological polar surface area (TPSA) is 103 Å². The Balaban J connectivity index is 2.02. The van der Waals surface area contributed by atoms with Gasteiger partial charge in [-0.3, -0.25) is 4.79 Å². The van der Waals surface area contributed by atoms with Crippen LogP contribution < -0.4 is 10.3 Å². The summed E-state index contributed by atoms with van der Waals surface area (Å²) in [5.41, 5.74) is 0.00300. The van der Waals surface area contributed by atoms with E-state index in [0.717, 1.165) is 19.3 Å². The second kappa shape index (κ2) is 6.88. The van der Waals surface area contributed by atoms with Gasteiger partial charge in [-0.2, -0.15) is 0 Å². The minimum atomic E-state index is -3.76. The SMILES string of the molecule is CCC(C)Oc1cc2c(cc1Cl)-c1c(cc(C(=O)O)c(=O)n1C1CC1)CS2(=O)=O. The lowest BCUT2D eigenvalue weighted by Gasteiger charge is -2.26. The fraction of sp³-hybridized carbons (Fsp3) is 0.400. The maximum Gasteiger partial charge on any atom is 0.341 e. The van der Waals surface area contributed by atoms with Crippen LogP contribution in [0.3, 0.4) is 0 Å². The van der Waals surface area contributed by atoms with E-state index in [1.54, 1.807) is 0 Å². The number of aromatic nitrogens is 1. The zero-order valence-corrected chi connectivity index (χ0v) is 17.5. The van der Waals surface area contributed by atoms with Crippen molar-refractivity contribution < 1.29 is 23.1 Å². The van der Waals surface area contributed by atoms with Crippen molar-refractivity contribution in [3.05, 3.63) is 44.7 Å². The number of carbonyl (C=O) groups is 1. The first-order valence-electron chi connectivity index (χ1n) is 9.39. The van der Waals surface area contributed by atoms with Gasteiger partial charge in [-0.25, -0.2) is 13.2 Å². The van der Waals surface area contributed by atoms with E-state index in [4.69, 9.17) is 16.3 Å². The molecule has 2 aliphatic rings. The predicted octanol–water partition coefficient (Wildman–Crippen LogP) is 3.67. The summed E-state index contributed by atoms with van der Waals surface area (Å²) in [6.07, 6.45) is 2.05. The minimum absolute atomic E-state index is 0.0459. The number of fused-ring (bicyclic) bond motifs is 3. The van der Waals surface area contributed by atoms with Crippen molar-refractivity contribution in [1.82, 2.24) is 4.57 Å². The second-order valence-electron chi connectivity index (χ2n) is 7.52. The molecular weight excluding hydrogens is 418 g/mol. The maximum absolute atomic E-state index is 13.0. The lowest BCUT2D eigenvalue weighted by molar-refractivity contribution is 0.0694. The molecule has 1 unspecified atom stereocenters. The Morgan fingerprint density at radius 3 is 2.62 bits per heavy atom. The van der Waals surface area contributed by atoms with Crippen molar-refractivity contribution in [2.45, 2.75) is 55.9 Å². The van der Waals surface area contributed by atoms with Gasteiger partial charge in [0.2, 0.25) is 0 Å². The molecule has 2 aromatic rings.